The van der Waals surface area contributed by atoms with Crippen molar-refractivity contribution in [1.82, 2.24) is 4.90 Å². The van der Waals surface area contributed by atoms with Gasteiger partial charge in [-0.15, -0.1) is 0 Å². The molecule has 33 heavy (non-hydrogen) atoms. The van der Waals surface area contributed by atoms with Gasteiger partial charge in [0.05, 0.1) is 13.2 Å². The van der Waals surface area contributed by atoms with Gasteiger partial charge in [0, 0.05) is 5.69 Å². The SMILES string of the molecule is CC(C)(C)OC(=O)N1CC(=O)N(c2ccc(O)cc2)C(OCc2ccc3ccccc3c2)C1. The maximum atomic E-state index is 13.1. The summed E-state index contributed by atoms with van der Waals surface area (Å²) >= 11 is 0. The first-order chi connectivity index (χ1) is 15.7. The molecule has 1 aliphatic rings. The molecule has 1 fully saturated rings. The average molecular weight is 449 g/mol. The molecule has 1 aliphatic heterocycles. The van der Waals surface area contributed by atoms with Gasteiger partial charge in [-0.25, -0.2) is 4.79 Å². The van der Waals surface area contributed by atoms with E-state index in [1.165, 1.54) is 21.9 Å². The fourth-order valence-electron chi connectivity index (χ4n) is 3.77. The molecular weight excluding hydrogens is 420 g/mol. The Kier molecular flexibility index (Phi) is 6.24. The van der Waals surface area contributed by atoms with Gasteiger partial charge in [-0.2, -0.15) is 0 Å². The number of hydrogen-bond acceptors (Lipinski definition) is 5. The van der Waals surface area contributed by atoms with Crippen LogP contribution >= 0.6 is 0 Å². The van der Waals surface area contributed by atoms with Gasteiger partial charge in [0.15, 0.2) is 6.23 Å². The number of nitrogens with zero attached hydrogens (tertiary/aromatic N) is 2. The Bertz CT molecular complexity index is 1150. The normalized spacial score (nSPS) is 16.8. The molecule has 7 nitrogen and oxygen atoms in total. The summed E-state index contributed by atoms with van der Waals surface area (Å²) in [6, 6.07) is 20.5. The average Bonchev–Trinajstić information content (AvgIpc) is 2.77. The number of benzene rings is 3. The quantitative estimate of drug-likeness (QED) is 0.627. The van der Waals surface area contributed by atoms with Gasteiger partial charge in [-0.05, 0) is 67.4 Å². The van der Waals surface area contributed by atoms with Crippen LogP contribution in [0.25, 0.3) is 10.8 Å². The monoisotopic (exact) mass is 448 g/mol. The van der Waals surface area contributed by atoms with Gasteiger partial charge in [-0.1, -0.05) is 36.4 Å². The molecule has 4 rings (SSSR count). The van der Waals surface area contributed by atoms with Gasteiger partial charge in [0.1, 0.15) is 17.9 Å². The van der Waals surface area contributed by atoms with Crippen molar-refractivity contribution >= 4 is 28.5 Å². The maximum absolute atomic E-state index is 13.1. The van der Waals surface area contributed by atoms with Gasteiger partial charge < -0.3 is 14.6 Å². The molecule has 1 unspecified atom stereocenters. The van der Waals surface area contributed by atoms with Gasteiger partial charge in [0.2, 0.25) is 5.91 Å². The zero-order valence-corrected chi connectivity index (χ0v) is 19.0. The van der Waals surface area contributed by atoms with Crippen LogP contribution in [0.4, 0.5) is 10.5 Å². The van der Waals surface area contributed by atoms with Crippen molar-refractivity contribution in [3.05, 3.63) is 72.3 Å². The molecule has 172 valence electrons. The Morgan fingerprint density at radius 3 is 2.42 bits per heavy atom. The Balaban J connectivity index is 1.57. The number of carbonyl (C=O) groups is 2. The fraction of sp³-hybridized carbons (Fsp3) is 0.308. The van der Waals surface area contributed by atoms with E-state index in [9.17, 15) is 14.7 Å². The standard InChI is InChI=1S/C26H28N2O5/c1-26(2,3)33-25(31)27-15-23(30)28(21-10-12-22(29)13-11-21)24(16-27)32-17-18-8-9-19-6-4-5-7-20(19)14-18/h4-14,24,29H,15-17H2,1-3H3. The number of carbonyl (C=O) groups excluding carboxylic acids is 2. The van der Waals surface area contributed by atoms with Crippen LogP contribution < -0.4 is 4.90 Å². The second kappa shape index (κ2) is 9.11. The Morgan fingerprint density at radius 1 is 1.03 bits per heavy atom. The van der Waals surface area contributed by atoms with Crippen LogP contribution in [-0.2, 0) is 20.9 Å². The number of anilines is 1. The summed E-state index contributed by atoms with van der Waals surface area (Å²) in [5, 5.41) is 11.9. The zero-order valence-electron chi connectivity index (χ0n) is 19.0. The summed E-state index contributed by atoms with van der Waals surface area (Å²) in [4.78, 5) is 28.6. The molecule has 3 aromatic carbocycles. The van der Waals surface area contributed by atoms with Gasteiger partial charge >= 0.3 is 6.09 Å². The van der Waals surface area contributed by atoms with E-state index >= 15 is 0 Å². The van der Waals surface area contributed by atoms with E-state index < -0.39 is 17.9 Å². The number of fused-ring (bicyclic) bond motifs is 1. The van der Waals surface area contributed by atoms with Crippen molar-refractivity contribution in [2.45, 2.75) is 39.2 Å². The first-order valence-corrected chi connectivity index (χ1v) is 10.9. The number of aromatic hydroxyl groups is 1. The van der Waals surface area contributed by atoms with Crippen molar-refractivity contribution < 1.29 is 24.2 Å². The minimum Gasteiger partial charge on any atom is -0.508 e. The first-order valence-electron chi connectivity index (χ1n) is 10.9. The van der Waals surface area contributed by atoms with E-state index in [1.54, 1.807) is 32.9 Å². The van der Waals surface area contributed by atoms with Crippen LogP contribution in [0.2, 0.25) is 0 Å². The minimum atomic E-state index is -0.713. The molecule has 0 aliphatic carbocycles. The molecule has 1 N–H and O–H groups in total. The molecule has 1 atom stereocenters. The second-order valence-corrected chi connectivity index (χ2v) is 9.09. The topological polar surface area (TPSA) is 79.3 Å². The van der Waals surface area contributed by atoms with Crippen molar-refractivity contribution in [3.63, 3.8) is 0 Å². The van der Waals surface area contributed by atoms with E-state index in [0.29, 0.717) is 5.69 Å². The van der Waals surface area contributed by atoms with Crippen LogP contribution in [0.1, 0.15) is 26.3 Å². The van der Waals surface area contributed by atoms with E-state index in [4.69, 9.17) is 9.47 Å². The number of rotatable bonds is 4. The molecule has 0 radical (unpaired) electrons. The van der Waals surface area contributed by atoms with E-state index in [-0.39, 0.29) is 31.4 Å². The molecule has 0 spiro atoms. The third kappa shape index (κ3) is 5.43. The van der Waals surface area contributed by atoms with E-state index in [2.05, 4.69) is 6.07 Å². The highest BCUT2D eigenvalue weighted by atomic mass is 16.6. The fourth-order valence-corrected chi connectivity index (χ4v) is 3.77. The summed E-state index contributed by atoms with van der Waals surface area (Å²) < 4.78 is 11.7. The molecule has 0 bridgehead atoms. The van der Waals surface area contributed by atoms with Crippen LogP contribution in [0.15, 0.2) is 66.7 Å². The summed E-state index contributed by atoms with van der Waals surface area (Å²) in [6.45, 7) is 5.66. The molecule has 3 aromatic rings. The molecule has 0 saturated carbocycles. The van der Waals surface area contributed by atoms with Crippen LogP contribution in [0.3, 0.4) is 0 Å². The molecule has 7 heteroatoms. The smallest absolute Gasteiger partial charge is 0.410 e. The molecule has 2 amide bonds. The summed E-state index contributed by atoms with van der Waals surface area (Å²) in [5.74, 6) is -0.187. The number of ether oxygens (including phenoxy) is 2. The lowest BCUT2D eigenvalue weighted by atomic mass is 10.1. The Hall–Kier alpha value is -3.58. The van der Waals surface area contributed by atoms with Crippen molar-refractivity contribution in [3.8, 4) is 5.75 Å². The van der Waals surface area contributed by atoms with Crippen LogP contribution in [-0.4, -0.2) is 46.9 Å². The van der Waals surface area contributed by atoms with Crippen LogP contribution in [0, 0.1) is 0 Å². The summed E-state index contributed by atoms with van der Waals surface area (Å²) in [6.07, 6.45) is -1.27. The second-order valence-electron chi connectivity index (χ2n) is 9.09. The van der Waals surface area contributed by atoms with Gasteiger partial charge in [-0.3, -0.25) is 14.6 Å². The Morgan fingerprint density at radius 2 is 1.73 bits per heavy atom. The third-order valence-corrected chi connectivity index (χ3v) is 5.30. The lowest BCUT2D eigenvalue weighted by Gasteiger charge is -2.40. The highest BCUT2D eigenvalue weighted by Gasteiger charge is 2.38. The number of phenols is 1. The summed E-state index contributed by atoms with van der Waals surface area (Å²) in [5.41, 5.74) is 0.877. The number of phenolic OH excluding ortho intramolecular Hbond substituents is 1. The minimum absolute atomic E-state index is 0.104. The predicted octanol–water partition coefficient (Wildman–Crippen LogP) is 4.67. The number of amides is 2. The van der Waals surface area contributed by atoms with Gasteiger partial charge in [0.25, 0.3) is 0 Å². The molecule has 0 aromatic heterocycles. The molecule has 1 heterocycles. The number of piperazine rings is 1. The van der Waals surface area contributed by atoms with E-state index in [0.717, 1.165) is 16.3 Å². The third-order valence-electron chi connectivity index (χ3n) is 5.30. The predicted molar refractivity (Wildman–Crippen MR) is 126 cm³/mol. The highest BCUT2D eigenvalue weighted by molar-refractivity contribution is 5.97. The van der Waals surface area contributed by atoms with Crippen LogP contribution in [0.5, 0.6) is 5.75 Å². The first kappa shape index (κ1) is 22.6. The highest BCUT2D eigenvalue weighted by Crippen LogP contribution is 2.26. The molecular formula is C26H28N2O5. The zero-order chi connectivity index (χ0) is 23.6. The van der Waals surface area contributed by atoms with E-state index in [1.807, 2.05) is 36.4 Å². The molecule has 1 saturated heterocycles. The van der Waals surface area contributed by atoms with Crippen molar-refractivity contribution in [1.29, 1.82) is 0 Å². The van der Waals surface area contributed by atoms with Crippen molar-refractivity contribution in [2.24, 2.45) is 0 Å². The lowest BCUT2D eigenvalue weighted by Crippen LogP contribution is -2.59. The largest absolute Gasteiger partial charge is 0.508 e. The summed E-state index contributed by atoms with van der Waals surface area (Å²) in [7, 11) is 0. The lowest BCUT2D eigenvalue weighted by molar-refractivity contribution is -0.127. The Labute approximate surface area is 193 Å². The van der Waals surface area contributed by atoms with Crippen molar-refractivity contribution in [2.75, 3.05) is 18.0 Å². The number of hydrogen-bond donors (Lipinski definition) is 1. The maximum Gasteiger partial charge on any atom is 0.410 e.